The van der Waals surface area contributed by atoms with Crippen molar-refractivity contribution in [3.63, 3.8) is 0 Å². The van der Waals surface area contributed by atoms with E-state index in [1.54, 1.807) is 0 Å². The maximum Gasteiger partial charge on any atom is 0.333 e. The molecule has 0 amide bonds. The van der Waals surface area contributed by atoms with Crippen molar-refractivity contribution in [2.75, 3.05) is 11.1 Å². The van der Waals surface area contributed by atoms with Crippen molar-refractivity contribution in [2.24, 2.45) is 0 Å². The third kappa shape index (κ3) is 2.36. The van der Waals surface area contributed by atoms with Crippen molar-refractivity contribution in [2.45, 2.75) is 24.9 Å². The number of alkyl halides is 2. The molecule has 0 spiro atoms. The number of hydrogen-bond donors (Lipinski definition) is 2. The molecule has 0 aliphatic heterocycles. The topological polar surface area (TPSA) is 94.5 Å². The summed E-state index contributed by atoms with van der Waals surface area (Å²) in [6, 6.07) is 1.54. The van der Waals surface area contributed by atoms with Gasteiger partial charge in [-0.15, -0.1) is 0 Å². The van der Waals surface area contributed by atoms with Gasteiger partial charge in [0.2, 0.25) is 17.2 Å². The maximum absolute atomic E-state index is 12.5. The quantitative estimate of drug-likeness (QED) is 0.894. The first-order chi connectivity index (χ1) is 9.48. The second kappa shape index (κ2) is 4.51. The average Bonchev–Trinajstić information content (AvgIpc) is 2.95. The predicted molar refractivity (Wildman–Crippen MR) is 67.3 cm³/mol. The van der Waals surface area contributed by atoms with Gasteiger partial charge in [0.05, 0.1) is 11.2 Å². The zero-order valence-corrected chi connectivity index (χ0v) is 10.8. The van der Waals surface area contributed by atoms with Crippen molar-refractivity contribution in [1.82, 2.24) is 24.7 Å². The summed E-state index contributed by atoms with van der Waals surface area (Å²) < 4.78 is 25.7. The van der Waals surface area contributed by atoms with Crippen molar-refractivity contribution in [3.05, 3.63) is 23.2 Å². The highest BCUT2D eigenvalue weighted by Gasteiger charge is 2.47. The van der Waals surface area contributed by atoms with Gasteiger partial charge in [-0.3, -0.25) is 0 Å². The number of nitrogens with one attached hydrogen (secondary N) is 1. The summed E-state index contributed by atoms with van der Waals surface area (Å²) in [4.78, 5) is 11.4. The van der Waals surface area contributed by atoms with Crippen molar-refractivity contribution < 1.29 is 8.78 Å². The lowest BCUT2D eigenvalue weighted by Crippen LogP contribution is -2.22. The van der Waals surface area contributed by atoms with E-state index in [1.165, 1.54) is 12.3 Å². The molecule has 0 bridgehead atoms. The van der Waals surface area contributed by atoms with Crippen LogP contribution in [0.1, 0.15) is 25.1 Å². The summed E-state index contributed by atoms with van der Waals surface area (Å²) in [5.41, 5.74) is 5.44. The fourth-order valence-corrected chi connectivity index (χ4v) is 2.07. The van der Waals surface area contributed by atoms with E-state index < -0.39 is 12.1 Å². The molecule has 0 unspecified atom stereocenters. The Kier molecular flexibility index (Phi) is 2.93. The molecule has 0 aromatic carbocycles. The number of nitrogen functional groups attached to an aromatic ring is 1. The minimum absolute atomic E-state index is 0.0126. The molecule has 1 aliphatic carbocycles. The maximum atomic E-state index is 12.5. The Labute approximate surface area is 117 Å². The highest BCUT2D eigenvalue weighted by Crippen LogP contribution is 2.47. The van der Waals surface area contributed by atoms with Crippen LogP contribution in [0, 0.1) is 0 Å². The van der Waals surface area contributed by atoms with Gasteiger partial charge in [0.25, 0.3) is 0 Å². The van der Waals surface area contributed by atoms with E-state index in [0.29, 0.717) is 10.4 Å². The van der Waals surface area contributed by atoms with Crippen molar-refractivity contribution >= 4 is 23.5 Å². The Morgan fingerprint density at radius 1 is 1.35 bits per heavy atom. The number of nitrogens with zero attached hydrogens (tertiary/aromatic N) is 5. The Morgan fingerprint density at radius 2 is 2.10 bits per heavy atom. The molecule has 7 nitrogen and oxygen atoms in total. The summed E-state index contributed by atoms with van der Waals surface area (Å²) in [5, 5.41) is 6.85. The molecule has 20 heavy (non-hydrogen) atoms. The predicted octanol–water partition coefficient (Wildman–Crippen LogP) is 1.80. The molecule has 3 N–H and O–H groups in total. The third-order valence-corrected chi connectivity index (χ3v) is 3.19. The monoisotopic (exact) mass is 301 g/mol. The molecule has 10 heteroatoms. The molecule has 106 valence electrons. The van der Waals surface area contributed by atoms with Crippen LogP contribution < -0.4 is 11.1 Å². The first-order valence-electron chi connectivity index (χ1n) is 5.77. The van der Waals surface area contributed by atoms with Crippen LogP contribution in [0.25, 0.3) is 0 Å². The number of rotatable bonds is 4. The number of halogens is 3. The standard InChI is InChI=1S/C10H10ClF2N7/c11-6-15-8(14)17-9(16-6)18-10(2-3-10)5-1-4-20(19-5)7(12)13/h1,4,7H,2-3H2,(H3,14,15,16,17,18). The van der Waals surface area contributed by atoms with E-state index in [9.17, 15) is 8.78 Å². The van der Waals surface area contributed by atoms with Crippen molar-refractivity contribution in [1.29, 1.82) is 0 Å². The summed E-state index contributed by atoms with van der Waals surface area (Å²) in [5.74, 6) is 0.188. The molecule has 2 heterocycles. The van der Waals surface area contributed by atoms with Crippen LogP contribution in [-0.4, -0.2) is 24.7 Å². The number of aromatic nitrogens is 5. The molecule has 3 rings (SSSR count). The van der Waals surface area contributed by atoms with Gasteiger partial charge in [-0.05, 0) is 30.5 Å². The van der Waals surface area contributed by atoms with Gasteiger partial charge in [0, 0.05) is 6.20 Å². The summed E-state index contributed by atoms with van der Waals surface area (Å²) in [6.07, 6.45) is 2.70. The summed E-state index contributed by atoms with van der Waals surface area (Å²) in [7, 11) is 0. The third-order valence-electron chi connectivity index (χ3n) is 3.03. The smallest absolute Gasteiger partial charge is 0.333 e. The molecule has 0 radical (unpaired) electrons. The molecule has 1 fully saturated rings. The van der Waals surface area contributed by atoms with E-state index in [0.717, 1.165) is 12.8 Å². The van der Waals surface area contributed by atoms with Crippen LogP contribution in [0.4, 0.5) is 20.7 Å². The van der Waals surface area contributed by atoms with Gasteiger partial charge in [-0.1, -0.05) is 0 Å². The number of hydrogen-bond acceptors (Lipinski definition) is 6. The zero-order chi connectivity index (χ0) is 14.3. The van der Waals surface area contributed by atoms with E-state index in [4.69, 9.17) is 17.3 Å². The van der Waals surface area contributed by atoms with Gasteiger partial charge in [0.15, 0.2) is 0 Å². The highest BCUT2D eigenvalue weighted by atomic mass is 35.5. The SMILES string of the molecule is Nc1nc(Cl)nc(NC2(c3ccn(C(F)F)n3)CC2)n1. The molecule has 1 saturated carbocycles. The molecular formula is C10H10ClF2N7. The lowest BCUT2D eigenvalue weighted by molar-refractivity contribution is 0.0560. The molecule has 2 aromatic rings. The molecule has 0 saturated heterocycles. The summed E-state index contributed by atoms with van der Waals surface area (Å²) in [6.45, 7) is -2.66. The first kappa shape index (κ1) is 13.0. The Balaban J connectivity index is 1.85. The zero-order valence-electron chi connectivity index (χ0n) is 10.1. The van der Waals surface area contributed by atoms with Crippen LogP contribution in [0.5, 0.6) is 0 Å². The average molecular weight is 302 g/mol. The van der Waals surface area contributed by atoms with E-state index in [1.807, 2.05) is 0 Å². The first-order valence-corrected chi connectivity index (χ1v) is 6.15. The van der Waals surface area contributed by atoms with Gasteiger partial charge < -0.3 is 11.1 Å². The minimum Gasteiger partial charge on any atom is -0.368 e. The second-order valence-corrected chi connectivity index (χ2v) is 4.79. The molecule has 0 atom stereocenters. The Hall–Kier alpha value is -2.03. The fourth-order valence-electron chi connectivity index (χ4n) is 1.91. The largest absolute Gasteiger partial charge is 0.368 e. The van der Waals surface area contributed by atoms with E-state index in [2.05, 4.69) is 25.4 Å². The van der Waals surface area contributed by atoms with Crippen LogP contribution in [0.15, 0.2) is 12.3 Å². The van der Waals surface area contributed by atoms with E-state index in [-0.39, 0.29) is 17.2 Å². The van der Waals surface area contributed by atoms with Gasteiger partial charge in [-0.25, -0.2) is 4.68 Å². The summed E-state index contributed by atoms with van der Waals surface area (Å²) >= 11 is 5.69. The van der Waals surface area contributed by atoms with Crippen molar-refractivity contribution in [3.8, 4) is 0 Å². The van der Waals surface area contributed by atoms with E-state index >= 15 is 0 Å². The second-order valence-electron chi connectivity index (χ2n) is 4.45. The van der Waals surface area contributed by atoms with Gasteiger partial charge in [0.1, 0.15) is 0 Å². The van der Waals surface area contributed by atoms with Gasteiger partial charge in [-0.2, -0.15) is 28.8 Å². The minimum atomic E-state index is -2.66. The Morgan fingerprint density at radius 3 is 2.65 bits per heavy atom. The number of anilines is 2. The molecule has 2 aromatic heterocycles. The lowest BCUT2D eigenvalue weighted by atomic mass is 10.2. The molecular weight excluding hydrogens is 292 g/mol. The normalized spacial score (nSPS) is 16.4. The van der Waals surface area contributed by atoms with Crippen LogP contribution in [0.3, 0.4) is 0 Å². The fraction of sp³-hybridized carbons (Fsp3) is 0.400. The molecule has 1 aliphatic rings. The lowest BCUT2D eigenvalue weighted by Gasteiger charge is -2.15. The Bertz CT molecular complexity index is 620. The number of nitrogens with two attached hydrogens (primary N) is 1. The van der Waals surface area contributed by atoms with Crippen LogP contribution in [0.2, 0.25) is 5.28 Å². The van der Waals surface area contributed by atoms with Gasteiger partial charge >= 0.3 is 6.55 Å². The van der Waals surface area contributed by atoms with Crippen LogP contribution >= 0.6 is 11.6 Å². The van der Waals surface area contributed by atoms with Crippen LogP contribution in [-0.2, 0) is 5.54 Å². The highest BCUT2D eigenvalue weighted by molar-refractivity contribution is 6.28.